The van der Waals surface area contributed by atoms with Crippen molar-refractivity contribution in [2.24, 2.45) is 0 Å². The maximum absolute atomic E-state index is 5.97. The second-order valence-electron chi connectivity index (χ2n) is 3.90. The minimum Gasteiger partial charge on any atom is -0.323 e. The van der Waals surface area contributed by atoms with Crippen molar-refractivity contribution in [1.29, 1.82) is 0 Å². The van der Waals surface area contributed by atoms with Crippen LogP contribution in [-0.4, -0.2) is 26.0 Å². The fraction of sp³-hybridized carbons (Fsp3) is 0.500. The van der Waals surface area contributed by atoms with Gasteiger partial charge in [0.2, 0.25) is 0 Å². The molecule has 2 heterocycles. The molecule has 17 heavy (non-hydrogen) atoms. The number of thioether (sulfide) groups is 1. The van der Waals surface area contributed by atoms with E-state index in [1.165, 1.54) is 0 Å². The summed E-state index contributed by atoms with van der Waals surface area (Å²) in [5, 5.41) is 0. The smallest absolute Gasteiger partial charge is 0.125 e. The van der Waals surface area contributed by atoms with Crippen LogP contribution in [0.2, 0.25) is 0 Å². The summed E-state index contributed by atoms with van der Waals surface area (Å²) in [6, 6.07) is 2.41. The lowest BCUT2D eigenvalue weighted by atomic mass is 10.3. The van der Waals surface area contributed by atoms with E-state index in [1.807, 2.05) is 17.8 Å². The Balaban J connectivity index is 2.42. The molecule has 0 bridgehead atoms. The van der Waals surface area contributed by atoms with E-state index < -0.39 is 0 Å². The van der Waals surface area contributed by atoms with Crippen LogP contribution in [0.5, 0.6) is 0 Å². The highest BCUT2D eigenvalue weighted by Gasteiger charge is 2.14. The molecule has 2 rings (SSSR count). The normalized spacial score (nSPS) is 13.1. The average Bonchev–Trinajstić information content (AvgIpc) is 2.74. The number of hydrogen-bond acceptors (Lipinski definition) is 3. The van der Waals surface area contributed by atoms with Gasteiger partial charge in [-0.25, -0.2) is 4.98 Å². The molecule has 2 aromatic heterocycles. The van der Waals surface area contributed by atoms with E-state index in [0.29, 0.717) is 11.9 Å². The molecule has 2 aromatic rings. The molecule has 0 saturated heterocycles. The number of halogens is 1. The molecule has 0 fully saturated rings. The third-order valence-electron chi connectivity index (χ3n) is 2.69. The van der Waals surface area contributed by atoms with Crippen molar-refractivity contribution in [2.75, 3.05) is 11.5 Å². The first kappa shape index (κ1) is 12.7. The van der Waals surface area contributed by atoms with Gasteiger partial charge in [-0.1, -0.05) is 6.92 Å². The first-order valence-corrected chi connectivity index (χ1v) is 7.41. The second kappa shape index (κ2) is 5.74. The van der Waals surface area contributed by atoms with Gasteiger partial charge in [-0.05, 0) is 18.7 Å². The van der Waals surface area contributed by atoms with Gasteiger partial charge in [-0.2, -0.15) is 11.8 Å². The molecule has 0 N–H and O–H groups in total. The number of aromatic nitrogens is 3. The van der Waals surface area contributed by atoms with Crippen LogP contribution in [0.15, 0.2) is 18.5 Å². The summed E-state index contributed by atoms with van der Waals surface area (Å²) in [6.45, 7) is 4.38. The summed E-state index contributed by atoms with van der Waals surface area (Å²) >= 11 is 7.91. The lowest BCUT2D eigenvalue weighted by molar-refractivity contribution is 0.606. The SMILES string of the molecule is CCSCC(C)n1c(CCl)nc2cnccc21. The largest absolute Gasteiger partial charge is 0.323 e. The Labute approximate surface area is 111 Å². The monoisotopic (exact) mass is 269 g/mol. The van der Waals surface area contributed by atoms with Crippen LogP contribution in [0.3, 0.4) is 0 Å². The molecule has 92 valence electrons. The predicted octanol–water partition coefficient (Wildman–Crippen LogP) is 3.48. The van der Waals surface area contributed by atoms with Crippen LogP contribution in [0.25, 0.3) is 11.0 Å². The molecule has 0 saturated carbocycles. The number of rotatable bonds is 5. The molecule has 5 heteroatoms. The zero-order valence-corrected chi connectivity index (χ0v) is 11.6. The van der Waals surface area contributed by atoms with Gasteiger partial charge in [0.25, 0.3) is 0 Å². The summed E-state index contributed by atoms with van der Waals surface area (Å²) in [6.07, 6.45) is 3.60. The standard InChI is InChI=1S/C12H16ClN3S/c1-3-17-8-9(2)16-11-4-5-14-7-10(11)15-12(16)6-13/h4-5,7,9H,3,6,8H2,1-2H3. The quantitative estimate of drug-likeness (QED) is 0.779. The third kappa shape index (κ3) is 2.58. The molecule has 3 nitrogen and oxygen atoms in total. The van der Waals surface area contributed by atoms with E-state index in [2.05, 4.69) is 28.4 Å². The first-order chi connectivity index (χ1) is 8.27. The maximum atomic E-state index is 5.97. The predicted molar refractivity (Wildman–Crippen MR) is 74.8 cm³/mol. The van der Waals surface area contributed by atoms with Crippen LogP contribution in [0, 0.1) is 0 Å². The summed E-state index contributed by atoms with van der Waals surface area (Å²) in [5.74, 6) is 3.58. The second-order valence-corrected chi connectivity index (χ2v) is 5.49. The molecule has 0 aliphatic rings. The Morgan fingerprint density at radius 2 is 2.35 bits per heavy atom. The molecule has 1 unspecified atom stereocenters. The summed E-state index contributed by atoms with van der Waals surface area (Å²) in [7, 11) is 0. The van der Waals surface area contributed by atoms with Crippen LogP contribution in [-0.2, 0) is 5.88 Å². The van der Waals surface area contributed by atoms with Crippen LogP contribution < -0.4 is 0 Å². The fourth-order valence-electron chi connectivity index (χ4n) is 1.95. The Bertz CT molecular complexity index is 497. The summed E-state index contributed by atoms with van der Waals surface area (Å²) in [4.78, 5) is 8.62. The van der Waals surface area contributed by atoms with E-state index >= 15 is 0 Å². The number of fused-ring (bicyclic) bond motifs is 1. The van der Waals surface area contributed by atoms with Crippen molar-refractivity contribution < 1.29 is 0 Å². The highest BCUT2D eigenvalue weighted by atomic mass is 35.5. The third-order valence-corrected chi connectivity index (χ3v) is 4.05. The van der Waals surface area contributed by atoms with Gasteiger partial charge < -0.3 is 4.57 Å². The van der Waals surface area contributed by atoms with E-state index in [-0.39, 0.29) is 0 Å². The van der Waals surface area contributed by atoms with E-state index in [4.69, 9.17) is 11.6 Å². The molecule has 0 radical (unpaired) electrons. The average molecular weight is 270 g/mol. The van der Waals surface area contributed by atoms with Gasteiger partial charge in [0.1, 0.15) is 11.3 Å². The highest BCUT2D eigenvalue weighted by molar-refractivity contribution is 7.99. The van der Waals surface area contributed by atoms with Gasteiger partial charge in [0, 0.05) is 18.0 Å². The lowest BCUT2D eigenvalue weighted by Gasteiger charge is -2.16. The molecule has 0 aliphatic carbocycles. The topological polar surface area (TPSA) is 30.7 Å². The molecule has 0 amide bonds. The number of nitrogens with zero attached hydrogens (tertiary/aromatic N) is 3. The number of hydrogen-bond donors (Lipinski definition) is 0. The lowest BCUT2D eigenvalue weighted by Crippen LogP contribution is -2.11. The minimum atomic E-state index is 0.404. The van der Waals surface area contributed by atoms with Crippen molar-refractivity contribution in [1.82, 2.24) is 14.5 Å². The van der Waals surface area contributed by atoms with Crippen LogP contribution in [0.1, 0.15) is 25.7 Å². The van der Waals surface area contributed by atoms with Crippen molar-refractivity contribution >= 4 is 34.4 Å². The van der Waals surface area contributed by atoms with Crippen molar-refractivity contribution in [3.8, 4) is 0 Å². The van der Waals surface area contributed by atoms with Gasteiger partial charge in [-0.3, -0.25) is 4.98 Å². The van der Waals surface area contributed by atoms with E-state index in [1.54, 1.807) is 12.4 Å². The van der Waals surface area contributed by atoms with Crippen molar-refractivity contribution in [2.45, 2.75) is 25.8 Å². The van der Waals surface area contributed by atoms with E-state index in [9.17, 15) is 0 Å². The zero-order valence-electron chi connectivity index (χ0n) is 10.1. The van der Waals surface area contributed by atoms with Crippen molar-refractivity contribution in [3.05, 3.63) is 24.3 Å². The first-order valence-electron chi connectivity index (χ1n) is 5.72. The molecular weight excluding hydrogens is 254 g/mol. The fourth-order valence-corrected chi connectivity index (χ4v) is 2.86. The van der Waals surface area contributed by atoms with Crippen LogP contribution >= 0.6 is 23.4 Å². The number of alkyl halides is 1. The minimum absolute atomic E-state index is 0.404. The van der Waals surface area contributed by atoms with Gasteiger partial charge >= 0.3 is 0 Å². The maximum Gasteiger partial charge on any atom is 0.125 e. The highest BCUT2D eigenvalue weighted by Crippen LogP contribution is 2.23. The molecule has 0 spiro atoms. The Morgan fingerprint density at radius 3 is 3.06 bits per heavy atom. The molecule has 1 atom stereocenters. The Kier molecular flexibility index (Phi) is 4.29. The van der Waals surface area contributed by atoms with Gasteiger partial charge in [0.05, 0.1) is 17.6 Å². The molecule has 0 aliphatic heterocycles. The Hall–Kier alpha value is -0.740. The number of imidazole rings is 1. The summed E-state index contributed by atoms with van der Waals surface area (Å²) < 4.78 is 2.23. The van der Waals surface area contributed by atoms with Crippen molar-refractivity contribution in [3.63, 3.8) is 0 Å². The van der Waals surface area contributed by atoms with Gasteiger partial charge in [-0.15, -0.1) is 11.6 Å². The molecular formula is C12H16ClN3S. The molecule has 0 aromatic carbocycles. The van der Waals surface area contributed by atoms with E-state index in [0.717, 1.165) is 28.4 Å². The van der Waals surface area contributed by atoms with Crippen LogP contribution in [0.4, 0.5) is 0 Å². The van der Waals surface area contributed by atoms with Gasteiger partial charge in [0.15, 0.2) is 0 Å². The summed E-state index contributed by atoms with van der Waals surface area (Å²) in [5.41, 5.74) is 2.05. The number of pyridine rings is 1. The zero-order chi connectivity index (χ0) is 12.3. The Morgan fingerprint density at radius 1 is 1.53 bits per heavy atom.